The number of sulfonamides is 1. The van der Waals surface area contributed by atoms with Crippen molar-refractivity contribution in [1.82, 2.24) is 10.2 Å². The summed E-state index contributed by atoms with van der Waals surface area (Å²) >= 11 is 12.4. The minimum atomic E-state index is -3.86. The van der Waals surface area contributed by atoms with Gasteiger partial charge in [0.25, 0.3) is 0 Å². The predicted octanol–water partition coefficient (Wildman–Crippen LogP) is 6.61. The Morgan fingerprint density at radius 2 is 1.56 bits per heavy atom. The van der Waals surface area contributed by atoms with E-state index in [1.807, 2.05) is 49.4 Å². The van der Waals surface area contributed by atoms with Crippen molar-refractivity contribution in [2.45, 2.75) is 65.0 Å². The third-order valence-corrected chi connectivity index (χ3v) is 9.02. The van der Waals surface area contributed by atoms with Crippen LogP contribution in [0.3, 0.4) is 0 Å². The molecule has 3 aromatic carbocycles. The molecule has 2 amide bonds. The molecular formula is C33H41Cl2N3O4S. The smallest absolute Gasteiger partial charge is 0.244 e. The Balaban J connectivity index is 2.05. The van der Waals surface area contributed by atoms with Gasteiger partial charge in [0.05, 0.1) is 22.0 Å². The molecule has 1 unspecified atom stereocenters. The summed E-state index contributed by atoms with van der Waals surface area (Å²) in [6.45, 7) is 8.24. The summed E-state index contributed by atoms with van der Waals surface area (Å²) in [6, 6.07) is 20.7. The van der Waals surface area contributed by atoms with E-state index in [1.54, 1.807) is 30.3 Å². The van der Waals surface area contributed by atoms with E-state index in [4.69, 9.17) is 23.2 Å². The number of nitrogens with one attached hydrogen (secondary N) is 1. The zero-order valence-electron chi connectivity index (χ0n) is 25.4. The maximum absolute atomic E-state index is 14.2. The normalized spacial score (nSPS) is 12.4. The summed E-state index contributed by atoms with van der Waals surface area (Å²) in [6.07, 6.45) is 3.00. The number of anilines is 1. The van der Waals surface area contributed by atoms with Crippen LogP contribution in [-0.2, 0) is 38.0 Å². The van der Waals surface area contributed by atoms with Gasteiger partial charge in [-0.1, -0.05) is 106 Å². The Bertz CT molecular complexity index is 1490. The van der Waals surface area contributed by atoms with Gasteiger partial charge in [-0.25, -0.2) is 8.42 Å². The lowest BCUT2D eigenvalue weighted by Crippen LogP contribution is -2.53. The monoisotopic (exact) mass is 645 g/mol. The highest BCUT2D eigenvalue weighted by molar-refractivity contribution is 7.92. The lowest BCUT2D eigenvalue weighted by Gasteiger charge is -2.33. The van der Waals surface area contributed by atoms with Crippen LogP contribution in [0.1, 0.15) is 57.2 Å². The van der Waals surface area contributed by atoms with Crippen LogP contribution < -0.4 is 9.62 Å². The molecule has 232 valence electrons. The van der Waals surface area contributed by atoms with Crippen molar-refractivity contribution in [3.63, 3.8) is 0 Å². The zero-order chi connectivity index (χ0) is 31.8. The standard InChI is InChI=1S/C33H41Cl2N3O4S/c1-6-7-19-36-32(40)30(21-24-11-9-8-10-12-24)37(22-25-13-18-28(34)29(35)20-25)31(39)23-38(43(5,41)42)27-16-14-26(15-17-27)33(2,3)4/h8-18,20,30H,6-7,19,21-23H2,1-5H3,(H,36,40). The molecule has 0 fully saturated rings. The first-order chi connectivity index (χ1) is 20.2. The Hall–Kier alpha value is -3.07. The van der Waals surface area contributed by atoms with Crippen molar-refractivity contribution < 1.29 is 18.0 Å². The fraction of sp³-hybridized carbons (Fsp3) is 0.394. The average molecular weight is 647 g/mol. The zero-order valence-corrected chi connectivity index (χ0v) is 27.8. The first-order valence-corrected chi connectivity index (χ1v) is 16.9. The Kier molecular flexibility index (Phi) is 12.1. The van der Waals surface area contributed by atoms with Crippen molar-refractivity contribution in [3.05, 3.63) is 99.5 Å². The Morgan fingerprint density at radius 1 is 0.907 bits per heavy atom. The fourth-order valence-corrected chi connectivity index (χ4v) is 5.81. The largest absolute Gasteiger partial charge is 0.354 e. The third kappa shape index (κ3) is 9.98. The molecule has 0 spiro atoms. The predicted molar refractivity (Wildman–Crippen MR) is 176 cm³/mol. The van der Waals surface area contributed by atoms with Gasteiger partial charge in [-0.2, -0.15) is 0 Å². The molecular weight excluding hydrogens is 605 g/mol. The van der Waals surface area contributed by atoms with Gasteiger partial charge in [0.1, 0.15) is 12.6 Å². The van der Waals surface area contributed by atoms with Gasteiger partial charge in [0, 0.05) is 19.5 Å². The van der Waals surface area contributed by atoms with E-state index in [0.29, 0.717) is 27.8 Å². The van der Waals surface area contributed by atoms with Gasteiger partial charge >= 0.3 is 0 Å². The number of carbonyl (C=O) groups excluding carboxylic acids is 2. The first kappa shape index (κ1) is 34.4. The highest BCUT2D eigenvalue weighted by atomic mass is 35.5. The molecule has 1 atom stereocenters. The quantitative estimate of drug-likeness (QED) is 0.212. The molecule has 0 aromatic heterocycles. The molecule has 0 saturated carbocycles. The van der Waals surface area contributed by atoms with Gasteiger partial charge < -0.3 is 10.2 Å². The molecule has 43 heavy (non-hydrogen) atoms. The van der Waals surface area contributed by atoms with E-state index in [2.05, 4.69) is 26.1 Å². The lowest BCUT2D eigenvalue weighted by atomic mass is 9.87. The molecule has 0 saturated heterocycles. The van der Waals surface area contributed by atoms with Crippen molar-refractivity contribution in [2.75, 3.05) is 23.7 Å². The number of amides is 2. The van der Waals surface area contributed by atoms with E-state index in [-0.39, 0.29) is 24.3 Å². The number of halogens is 2. The highest BCUT2D eigenvalue weighted by Crippen LogP contribution is 2.27. The number of rotatable bonds is 13. The van der Waals surface area contributed by atoms with Crippen LogP contribution in [0.5, 0.6) is 0 Å². The molecule has 0 aliphatic rings. The van der Waals surface area contributed by atoms with Crippen LogP contribution in [0.2, 0.25) is 10.0 Å². The van der Waals surface area contributed by atoms with Crippen LogP contribution in [-0.4, -0.2) is 50.5 Å². The summed E-state index contributed by atoms with van der Waals surface area (Å²) in [7, 11) is -3.86. The van der Waals surface area contributed by atoms with Gasteiger partial charge in [-0.3, -0.25) is 13.9 Å². The summed E-state index contributed by atoms with van der Waals surface area (Å²) in [5.41, 5.74) is 2.79. The summed E-state index contributed by atoms with van der Waals surface area (Å²) in [5.74, 6) is -0.839. The Labute approximate surface area is 266 Å². The van der Waals surface area contributed by atoms with Crippen LogP contribution in [0, 0.1) is 0 Å². The maximum Gasteiger partial charge on any atom is 0.244 e. The van der Waals surface area contributed by atoms with Crippen LogP contribution in [0.4, 0.5) is 5.69 Å². The molecule has 3 aromatic rings. The number of hydrogen-bond acceptors (Lipinski definition) is 4. The van der Waals surface area contributed by atoms with Gasteiger partial charge in [0.2, 0.25) is 21.8 Å². The molecule has 0 radical (unpaired) electrons. The minimum Gasteiger partial charge on any atom is -0.354 e. The lowest BCUT2D eigenvalue weighted by molar-refractivity contribution is -0.140. The van der Waals surface area contributed by atoms with Crippen LogP contribution in [0.25, 0.3) is 0 Å². The average Bonchev–Trinajstić information content (AvgIpc) is 2.95. The highest BCUT2D eigenvalue weighted by Gasteiger charge is 2.33. The molecule has 7 nitrogen and oxygen atoms in total. The first-order valence-electron chi connectivity index (χ1n) is 14.3. The van der Waals surface area contributed by atoms with E-state index >= 15 is 0 Å². The van der Waals surface area contributed by atoms with Crippen molar-refractivity contribution in [2.24, 2.45) is 0 Å². The van der Waals surface area contributed by atoms with Gasteiger partial charge in [-0.15, -0.1) is 0 Å². The van der Waals surface area contributed by atoms with Crippen molar-refractivity contribution in [1.29, 1.82) is 0 Å². The van der Waals surface area contributed by atoms with Gasteiger partial charge in [-0.05, 0) is 52.8 Å². The van der Waals surface area contributed by atoms with Crippen molar-refractivity contribution >= 4 is 50.7 Å². The third-order valence-electron chi connectivity index (χ3n) is 7.14. The Morgan fingerprint density at radius 3 is 2.12 bits per heavy atom. The summed E-state index contributed by atoms with van der Waals surface area (Å²) < 4.78 is 27.1. The van der Waals surface area contributed by atoms with E-state index in [1.165, 1.54) is 4.90 Å². The topological polar surface area (TPSA) is 86.8 Å². The maximum atomic E-state index is 14.2. The van der Waals surface area contributed by atoms with E-state index in [0.717, 1.165) is 34.5 Å². The number of carbonyl (C=O) groups is 2. The fourth-order valence-electron chi connectivity index (χ4n) is 4.64. The molecule has 0 heterocycles. The van der Waals surface area contributed by atoms with Crippen molar-refractivity contribution in [3.8, 4) is 0 Å². The second-order valence-electron chi connectivity index (χ2n) is 11.7. The van der Waals surface area contributed by atoms with Crippen LogP contribution in [0.15, 0.2) is 72.8 Å². The summed E-state index contributed by atoms with van der Waals surface area (Å²) in [5, 5.41) is 3.65. The second-order valence-corrected chi connectivity index (χ2v) is 14.4. The van der Waals surface area contributed by atoms with Crippen LogP contribution >= 0.6 is 23.2 Å². The van der Waals surface area contributed by atoms with E-state index < -0.39 is 28.5 Å². The minimum absolute atomic E-state index is 0.0228. The molecule has 3 rings (SSSR count). The van der Waals surface area contributed by atoms with Gasteiger partial charge in [0.15, 0.2) is 0 Å². The second kappa shape index (κ2) is 15.1. The molecule has 0 aliphatic carbocycles. The van der Waals surface area contributed by atoms with E-state index in [9.17, 15) is 18.0 Å². The SMILES string of the molecule is CCCCNC(=O)C(Cc1ccccc1)N(Cc1ccc(Cl)c(Cl)c1)C(=O)CN(c1ccc(C(C)(C)C)cc1)S(C)(=O)=O. The number of hydrogen-bond donors (Lipinski definition) is 1. The molecule has 0 bridgehead atoms. The number of nitrogens with zero attached hydrogens (tertiary/aromatic N) is 2. The molecule has 0 aliphatic heterocycles. The number of unbranched alkanes of at least 4 members (excludes halogenated alkanes) is 1. The summed E-state index contributed by atoms with van der Waals surface area (Å²) in [4.78, 5) is 29.3. The molecule has 1 N–H and O–H groups in total. The number of benzene rings is 3. The molecule has 10 heteroatoms.